The van der Waals surface area contributed by atoms with Crippen LogP contribution in [0.4, 0.5) is 0 Å². The Morgan fingerprint density at radius 3 is 2.63 bits per heavy atom. The average Bonchev–Trinajstić information content (AvgIpc) is 2.36. The van der Waals surface area contributed by atoms with Gasteiger partial charge in [0.1, 0.15) is 0 Å². The smallest absolute Gasteiger partial charge is 0.220 e. The Morgan fingerprint density at radius 2 is 2.05 bits per heavy atom. The monoisotopic (exact) mass is 326 g/mol. The van der Waals surface area contributed by atoms with E-state index < -0.39 is 0 Å². The molecule has 19 heavy (non-hydrogen) atoms. The molecule has 1 aromatic carbocycles. The molecular weight excluding hydrogens is 304 g/mol. The minimum absolute atomic E-state index is 0.0677. The highest BCUT2D eigenvalue weighted by Crippen LogP contribution is 2.29. The summed E-state index contributed by atoms with van der Waals surface area (Å²) in [7, 11) is 0. The van der Waals surface area contributed by atoms with Crippen molar-refractivity contribution >= 4 is 21.8 Å². The molecular formula is C15H23BrN2O. The Bertz CT molecular complexity index is 432. The Labute approximate surface area is 124 Å². The van der Waals surface area contributed by atoms with Crippen molar-refractivity contribution in [2.45, 2.75) is 32.6 Å². The first-order valence-corrected chi connectivity index (χ1v) is 7.38. The second-order valence-corrected chi connectivity index (χ2v) is 6.54. The van der Waals surface area contributed by atoms with Gasteiger partial charge in [0.2, 0.25) is 5.91 Å². The number of nitrogens with one attached hydrogen (secondary N) is 1. The van der Waals surface area contributed by atoms with Crippen LogP contribution in [0.25, 0.3) is 0 Å². The number of nitrogens with two attached hydrogens (primary N) is 1. The van der Waals surface area contributed by atoms with Crippen LogP contribution in [0.1, 0.15) is 32.8 Å². The number of amides is 1. The molecule has 1 amide bonds. The van der Waals surface area contributed by atoms with Gasteiger partial charge in [-0.1, -0.05) is 54.9 Å². The van der Waals surface area contributed by atoms with E-state index in [0.717, 1.165) is 4.47 Å². The van der Waals surface area contributed by atoms with Crippen molar-refractivity contribution < 1.29 is 4.79 Å². The summed E-state index contributed by atoms with van der Waals surface area (Å²) in [5.74, 6) is 0.296. The molecule has 106 valence electrons. The molecule has 1 aromatic rings. The molecule has 0 saturated carbocycles. The minimum Gasteiger partial charge on any atom is -0.355 e. The van der Waals surface area contributed by atoms with Crippen molar-refractivity contribution in [2.24, 2.45) is 11.7 Å². The lowest BCUT2D eigenvalue weighted by Gasteiger charge is -2.27. The highest BCUT2D eigenvalue weighted by atomic mass is 79.9. The van der Waals surface area contributed by atoms with Crippen LogP contribution in [0.3, 0.4) is 0 Å². The van der Waals surface area contributed by atoms with Crippen molar-refractivity contribution in [3.05, 3.63) is 34.3 Å². The van der Waals surface area contributed by atoms with Crippen molar-refractivity contribution in [1.82, 2.24) is 5.32 Å². The molecule has 0 heterocycles. The molecule has 0 aromatic heterocycles. The number of carbonyl (C=O) groups excluding carboxylic acids is 1. The highest BCUT2D eigenvalue weighted by Gasteiger charge is 2.23. The maximum atomic E-state index is 11.8. The van der Waals surface area contributed by atoms with E-state index >= 15 is 0 Å². The molecule has 0 aliphatic carbocycles. The van der Waals surface area contributed by atoms with E-state index in [1.54, 1.807) is 0 Å². The number of carbonyl (C=O) groups is 1. The summed E-state index contributed by atoms with van der Waals surface area (Å²) >= 11 is 3.56. The number of hydrogen-bond donors (Lipinski definition) is 2. The Kier molecular flexibility index (Phi) is 6.01. The van der Waals surface area contributed by atoms with Crippen LogP contribution in [-0.2, 0) is 10.2 Å². The Morgan fingerprint density at radius 1 is 1.42 bits per heavy atom. The van der Waals surface area contributed by atoms with Crippen molar-refractivity contribution in [2.75, 3.05) is 13.1 Å². The van der Waals surface area contributed by atoms with Gasteiger partial charge in [-0.2, -0.15) is 0 Å². The second kappa shape index (κ2) is 7.06. The summed E-state index contributed by atoms with van der Waals surface area (Å²) < 4.78 is 1.07. The van der Waals surface area contributed by atoms with E-state index in [4.69, 9.17) is 5.73 Å². The molecule has 1 atom stereocenters. The maximum absolute atomic E-state index is 11.8. The zero-order valence-electron chi connectivity index (χ0n) is 11.9. The second-order valence-electron chi connectivity index (χ2n) is 5.69. The molecule has 0 fully saturated rings. The van der Waals surface area contributed by atoms with Crippen molar-refractivity contribution in [3.8, 4) is 0 Å². The fourth-order valence-electron chi connectivity index (χ4n) is 1.90. The lowest BCUT2D eigenvalue weighted by atomic mass is 9.84. The van der Waals surface area contributed by atoms with Crippen LogP contribution in [0.5, 0.6) is 0 Å². The molecule has 0 radical (unpaired) electrons. The van der Waals surface area contributed by atoms with Gasteiger partial charge in [-0.25, -0.2) is 0 Å². The Balaban J connectivity index is 2.61. The SMILES string of the molecule is CC(CN)CC(=O)NCC(C)(C)c1ccccc1Br. The van der Waals surface area contributed by atoms with Gasteiger partial charge in [0.15, 0.2) is 0 Å². The lowest BCUT2D eigenvalue weighted by molar-refractivity contribution is -0.122. The third kappa shape index (κ3) is 4.96. The van der Waals surface area contributed by atoms with Crippen LogP contribution < -0.4 is 11.1 Å². The molecule has 1 rings (SSSR count). The van der Waals surface area contributed by atoms with E-state index in [1.165, 1.54) is 5.56 Å². The number of rotatable bonds is 6. The predicted molar refractivity (Wildman–Crippen MR) is 83.0 cm³/mol. The summed E-state index contributed by atoms with van der Waals surface area (Å²) in [6.45, 7) is 7.39. The topological polar surface area (TPSA) is 55.1 Å². The first-order valence-electron chi connectivity index (χ1n) is 6.58. The summed E-state index contributed by atoms with van der Waals surface area (Å²) in [5, 5.41) is 3.00. The van der Waals surface area contributed by atoms with Crippen LogP contribution >= 0.6 is 15.9 Å². The fourth-order valence-corrected chi connectivity index (χ4v) is 2.72. The van der Waals surface area contributed by atoms with Gasteiger partial charge < -0.3 is 11.1 Å². The summed E-state index contributed by atoms with van der Waals surface area (Å²) in [5.41, 5.74) is 6.61. The van der Waals surface area contributed by atoms with E-state index in [1.807, 2.05) is 25.1 Å². The standard InChI is InChI=1S/C15H23BrN2O/c1-11(9-17)8-14(19)18-10-15(2,3)12-6-4-5-7-13(12)16/h4-7,11H,8-10,17H2,1-3H3,(H,18,19). The first-order chi connectivity index (χ1) is 8.86. The van der Waals surface area contributed by atoms with Crippen molar-refractivity contribution in [1.29, 1.82) is 0 Å². The number of hydrogen-bond acceptors (Lipinski definition) is 2. The van der Waals surface area contributed by atoms with Crippen LogP contribution in [-0.4, -0.2) is 19.0 Å². The quantitative estimate of drug-likeness (QED) is 0.844. The van der Waals surface area contributed by atoms with Gasteiger partial charge in [0, 0.05) is 22.9 Å². The molecule has 0 aliphatic rings. The normalized spacial score (nSPS) is 13.1. The van der Waals surface area contributed by atoms with E-state index in [0.29, 0.717) is 19.5 Å². The summed E-state index contributed by atoms with van der Waals surface area (Å²) in [4.78, 5) is 11.8. The Hall–Kier alpha value is -0.870. The van der Waals surface area contributed by atoms with Crippen LogP contribution in [0, 0.1) is 5.92 Å². The zero-order valence-corrected chi connectivity index (χ0v) is 13.5. The predicted octanol–water partition coefficient (Wildman–Crippen LogP) is 2.83. The number of benzene rings is 1. The highest BCUT2D eigenvalue weighted by molar-refractivity contribution is 9.10. The molecule has 3 nitrogen and oxygen atoms in total. The number of halogens is 1. The van der Waals surface area contributed by atoms with Gasteiger partial charge in [0.05, 0.1) is 0 Å². The zero-order chi connectivity index (χ0) is 14.5. The molecule has 0 spiro atoms. The van der Waals surface area contributed by atoms with Gasteiger partial charge in [-0.3, -0.25) is 4.79 Å². The fraction of sp³-hybridized carbons (Fsp3) is 0.533. The van der Waals surface area contributed by atoms with Gasteiger partial charge in [-0.15, -0.1) is 0 Å². The van der Waals surface area contributed by atoms with Crippen LogP contribution in [0.15, 0.2) is 28.7 Å². The largest absolute Gasteiger partial charge is 0.355 e. The molecule has 0 bridgehead atoms. The average molecular weight is 327 g/mol. The van der Waals surface area contributed by atoms with Crippen LogP contribution in [0.2, 0.25) is 0 Å². The van der Waals surface area contributed by atoms with Gasteiger partial charge in [0.25, 0.3) is 0 Å². The first kappa shape index (κ1) is 16.2. The van der Waals surface area contributed by atoms with E-state index in [2.05, 4.69) is 41.2 Å². The molecule has 0 saturated heterocycles. The minimum atomic E-state index is -0.109. The lowest BCUT2D eigenvalue weighted by Crippen LogP contribution is -2.37. The third-order valence-electron chi connectivity index (χ3n) is 3.27. The molecule has 0 aliphatic heterocycles. The summed E-state index contributed by atoms with van der Waals surface area (Å²) in [6, 6.07) is 8.11. The molecule has 4 heteroatoms. The van der Waals surface area contributed by atoms with E-state index in [9.17, 15) is 4.79 Å². The molecule has 1 unspecified atom stereocenters. The molecule has 3 N–H and O–H groups in total. The van der Waals surface area contributed by atoms with E-state index in [-0.39, 0.29) is 17.2 Å². The van der Waals surface area contributed by atoms with Gasteiger partial charge >= 0.3 is 0 Å². The maximum Gasteiger partial charge on any atom is 0.220 e. The van der Waals surface area contributed by atoms with Gasteiger partial charge in [-0.05, 0) is 24.1 Å². The summed E-state index contributed by atoms with van der Waals surface area (Å²) in [6.07, 6.45) is 0.489. The van der Waals surface area contributed by atoms with Crippen molar-refractivity contribution in [3.63, 3.8) is 0 Å². The third-order valence-corrected chi connectivity index (χ3v) is 3.96.